The van der Waals surface area contributed by atoms with Crippen molar-refractivity contribution >= 4 is 12.6 Å². The Balaban J connectivity index is 3.07. The third-order valence-corrected chi connectivity index (χ3v) is 2.02. The molecule has 8 heteroatoms. The van der Waals surface area contributed by atoms with Gasteiger partial charge in [-0.25, -0.2) is 0 Å². The fourth-order valence-electron chi connectivity index (χ4n) is 1.41. The highest BCUT2D eigenvalue weighted by Crippen LogP contribution is 2.17. The molecule has 4 nitrogen and oxygen atoms in total. The molecule has 0 fully saturated rings. The summed E-state index contributed by atoms with van der Waals surface area (Å²) in [5, 5.41) is 21.4. The zero-order chi connectivity index (χ0) is 11.8. The summed E-state index contributed by atoms with van der Waals surface area (Å²) in [5.41, 5.74) is 0.325. The van der Waals surface area contributed by atoms with Crippen LogP contribution in [-0.4, -0.2) is 33.1 Å². The molecule has 1 heterocycles. The highest BCUT2D eigenvalue weighted by molar-refractivity contribution is 6.59. The van der Waals surface area contributed by atoms with Crippen molar-refractivity contribution in [3.05, 3.63) is 11.4 Å². The van der Waals surface area contributed by atoms with E-state index in [1.54, 1.807) is 0 Å². The van der Waals surface area contributed by atoms with Crippen LogP contribution in [0.25, 0.3) is 0 Å². The van der Waals surface area contributed by atoms with Gasteiger partial charge in [0.1, 0.15) is 6.54 Å². The van der Waals surface area contributed by atoms with Crippen molar-refractivity contribution in [3.8, 4) is 0 Å². The molecule has 0 unspecified atom stereocenters. The molecule has 0 spiro atoms. The van der Waals surface area contributed by atoms with Crippen LogP contribution < -0.4 is 5.46 Å². The van der Waals surface area contributed by atoms with Gasteiger partial charge in [0.25, 0.3) is 0 Å². The largest absolute Gasteiger partial charge is 0.492 e. The van der Waals surface area contributed by atoms with Gasteiger partial charge in [-0.2, -0.15) is 18.3 Å². The summed E-state index contributed by atoms with van der Waals surface area (Å²) in [6.07, 6.45) is -4.37. The summed E-state index contributed by atoms with van der Waals surface area (Å²) >= 11 is 0. The van der Waals surface area contributed by atoms with Crippen molar-refractivity contribution in [2.75, 3.05) is 0 Å². The zero-order valence-electron chi connectivity index (χ0n) is 8.21. The summed E-state index contributed by atoms with van der Waals surface area (Å²) in [7, 11) is -1.80. The number of alkyl halides is 3. The van der Waals surface area contributed by atoms with E-state index in [9.17, 15) is 13.2 Å². The van der Waals surface area contributed by atoms with E-state index in [1.807, 2.05) is 0 Å². The van der Waals surface area contributed by atoms with Crippen LogP contribution in [0.3, 0.4) is 0 Å². The van der Waals surface area contributed by atoms with E-state index in [0.717, 1.165) is 0 Å². The average molecular weight is 222 g/mol. The minimum Gasteiger partial charge on any atom is -0.423 e. The summed E-state index contributed by atoms with van der Waals surface area (Å²) < 4.78 is 36.9. The molecule has 1 aromatic heterocycles. The molecule has 0 aliphatic heterocycles. The van der Waals surface area contributed by atoms with E-state index in [0.29, 0.717) is 4.68 Å². The van der Waals surface area contributed by atoms with E-state index >= 15 is 0 Å². The van der Waals surface area contributed by atoms with Crippen molar-refractivity contribution in [1.82, 2.24) is 9.78 Å². The first kappa shape index (κ1) is 12.1. The number of nitrogens with zero attached hydrogens (tertiary/aromatic N) is 2. The van der Waals surface area contributed by atoms with Crippen LogP contribution in [0.5, 0.6) is 0 Å². The van der Waals surface area contributed by atoms with Crippen LogP contribution in [0.4, 0.5) is 13.2 Å². The summed E-state index contributed by atoms with van der Waals surface area (Å²) in [4.78, 5) is 0. The Morgan fingerprint density at radius 2 is 1.87 bits per heavy atom. The Kier molecular flexibility index (Phi) is 3.10. The number of aryl methyl sites for hydroxylation is 1. The van der Waals surface area contributed by atoms with Gasteiger partial charge in [0.2, 0.25) is 0 Å². The van der Waals surface area contributed by atoms with E-state index in [-0.39, 0.29) is 16.9 Å². The lowest BCUT2D eigenvalue weighted by atomic mass is 9.78. The standard InChI is InChI=1S/C7H10BF3N2O2/c1-4-6(8(14)15)5(2)13(12-4)3-7(9,10)11/h14-15H,3H2,1-2H3. The van der Waals surface area contributed by atoms with E-state index < -0.39 is 19.8 Å². The van der Waals surface area contributed by atoms with Crippen molar-refractivity contribution in [2.45, 2.75) is 26.6 Å². The van der Waals surface area contributed by atoms with Crippen molar-refractivity contribution < 1.29 is 23.2 Å². The predicted molar refractivity (Wildman–Crippen MR) is 47.6 cm³/mol. The van der Waals surface area contributed by atoms with Gasteiger partial charge < -0.3 is 10.0 Å². The smallest absolute Gasteiger partial charge is 0.423 e. The lowest BCUT2D eigenvalue weighted by Gasteiger charge is -2.08. The van der Waals surface area contributed by atoms with Gasteiger partial charge in [0.05, 0.1) is 5.69 Å². The topological polar surface area (TPSA) is 58.3 Å². The molecule has 0 aromatic carbocycles. The Morgan fingerprint density at radius 3 is 2.20 bits per heavy atom. The molecule has 0 atom stereocenters. The minimum atomic E-state index is -4.37. The van der Waals surface area contributed by atoms with Crippen LogP contribution in [0.15, 0.2) is 0 Å². The van der Waals surface area contributed by atoms with Crippen molar-refractivity contribution in [2.24, 2.45) is 0 Å². The summed E-state index contributed by atoms with van der Waals surface area (Å²) in [5.74, 6) is 0. The molecule has 15 heavy (non-hydrogen) atoms. The second-order valence-corrected chi connectivity index (χ2v) is 3.23. The summed E-state index contributed by atoms with van der Waals surface area (Å²) in [6.45, 7) is 1.56. The molecule has 1 aromatic rings. The van der Waals surface area contributed by atoms with Crippen LogP contribution in [0.2, 0.25) is 0 Å². The SMILES string of the molecule is Cc1nn(CC(F)(F)F)c(C)c1B(O)O. The molecule has 0 radical (unpaired) electrons. The maximum Gasteiger partial charge on any atom is 0.492 e. The Bertz CT molecular complexity index is 362. The molecule has 0 bridgehead atoms. The highest BCUT2D eigenvalue weighted by Gasteiger charge is 2.31. The molecule has 0 saturated heterocycles. The molecule has 84 valence electrons. The van der Waals surface area contributed by atoms with Gasteiger partial charge in [-0.3, -0.25) is 4.68 Å². The van der Waals surface area contributed by atoms with Crippen molar-refractivity contribution in [3.63, 3.8) is 0 Å². The monoisotopic (exact) mass is 222 g/mol. The quantitative estimate of drug-likeness (QED) is 0.678. The van der Waals surface area contributed by atoms with Gasteiger partial charge in [-0.1, -0.05) is 0 Å². The third kappa shape index (κ3) is 2.72. The molecule has 2 N–H and O–H groups in total. The molecule has 0 aliphatic rings. The highest BCUT2D eigenvalue weighted by atomic mass is 19.4. The Morgan fingerprint density at radius 1 is 1.33 bits per heavy atom. The average Bonchev–Trinajstić information content (AvgIpc) is 2.23. The van der Waals surface area contributed by atoms with Crippen LogP contribution in [-0.2, 0) is 6.54 Å². The zero-order valence-corrected chi connectivity index (χ0v) is 8.21. The Hall–Kier alpha value is -1.02. The molecule has 0 saturated carbocycles. The van der Waals surface area contributed by atoms with E-state index in [4.69, 9.17) is 10.0 Å². The van der Waals surface area contributed by atoms with Gasteiger partial charge in [0.15, 0.2) is 0 Å². The first-order valence-corrected chi connectivity index (χ1v) is 4.19. The third-order valence-electron chi connectivity index (χ3n) is 2.02. The van der Waals surface area contributed by atoms with Crippen LogP contribution >= 0.6 is 0 Å². The number of aromatic nitrogens is 2. The second kappa shape index (κ2) is 3.86. The number of halogens is 3. The van der Waals surface area contributed by atoms with E-state index in [1.165, 1.54) is 13.8 Å². The molecule has 0 aliphatic carbocycles. The lowest BCUT2D eigenvalue weighted by Crippen LogP contribution is -2.33. The second-order valence-electron chi connectivity index (χ2n) is 3.23. The minimum absolute atomic E-state index is 0.0271. The lowest BCUT2D eigenvalue weighted by molar-refractivity contribution is -0.142. The fraction of sp³-hybridized carbons (Fsp3) is 0.571. The maximum absolute atomic E-state index is 12.1. The van der Waals surface area contributed by atoms with Gasteiger partial charge in [0, 0.05) is 11.2 Å². The molecular formula is C7H10BF3N2O2. The fourth-order valence-corrected chi connectivity index (χ4v) is 1.41. The first-order chi connectivity index (χ1) is 6.72. The van der Waals surface area contributed by atoms with Gasteiger partial charge in [-0.05, 0) is 13.8 Å². The van der Waals surface area contributed by atoms with Crippen molar-refractivity contribution in [1.29, 1.82) is 0 Å². The molecule has 1 rings (SSSR count). The number of hydrogen-bond acceptors (Lipinski definition) is 3. The van der Waals surface area contributed by atoms with Gasteiger partial charge >= 0.3 is 13.3 Å². The van der Waals surface area contributed by atoms with Crippen LogP contribution in [0, 0.1) is 13.8 Å². The Labute approximate surface area is 84.5 Å². The van der Waals surface area contributed by atoms with Crippen LogP contribution in [0.1, 0.15) is 11.4 Å². The number of rotatable bonds is 2. The first-order valence-electron chi connectivity index (χ1n) is 4.19. The van der Waals surface area contributed by atoms with Gasteiger partial charge in [-0.15, -0.1) is 0 Å². The maximum atomic E-state index is 12.1. The molecule has 0 amide bonds. The van der Waals surface area contributed by atoms with E-state index in [2.05, 4.69) is 5.10 Å². The predicted octanol–water partition coefficient (Wildman–Crippen LogP) is -0.258. The normalized spacial score (nSPS) is 11.9. The summed E-state index contributed by atoms with van der Waals surface area (Å²) in [6, 6.07) is 0. The molecular weight excluding hydrogens is 212 g/mol. The number of hydrogen-bond donors (Lipinski definition) is 2.